The van der Waals surface area contributed by atoms with Gasteiger partial charge in [0.25, 0.3) is 5.89 Å². The fraction of sp³-hybridized carbons (Fsp3) is 0.267. The molecule has 0 N–H and O–H groups in total. The van der Waals surface area contributed by atoms with Gasteiger partial charge in [0.1, 0.15) is 5.75 Å². The minimum absolute atomic E-state index is 0.383. The molecule has 3 aromatic rings. The molecule has 2 aromatic heterocycles. The molecule has 6 nitrogen and oxygen atoms in total. The average Bonchev–Trinajstić information content (AvgIpc) is 3.12. The molecule has 0 saturated carbocycles. The SMILES string of the molecule is C[C@H](Oc1ccc(Cl)cc1Cl)c1nc(Cc2cncn2C)no1. The lowest BCUT2D eigenvalue weighted by atomic mass is 10.3. The standard InChI is InChI=1S/C15H14Cl2N4O2/c1-9(22-13-4-3-10(16)5-12(13)17)15-19-14(20-23-15)6-11-7-18-8-21(11)2/h3-5,7-9H,6H2,1-2H3/t9-/m0/s1. The third kappa shape index (κ3) is 3.65. The van der Waals surface area contributed by atoms with Crippen LogP contribution < -0.4 is 4.74 Å². The van der Waals surface area contributed by atoms with Crippen LogP contribution in [0.15, 0.2) is 35.2 Å². The zero-order chi connectivity index (χ0) is 16.4. The minimum atomic E-state index is -0.429. The van der Waals surface area contributed by atoms with Crippen LogP contribution in [0.4, 0.5) is 0 Å². The number of nitrogens with zero attached hydrogens (tertiary/aromatic N) is 4. The van der Waals surface area contributed by atoms with Crippen molar-refractivity contribution in [2.45, 2.75) is 19.4 Å². The Hall–Kier alpha value is -2.05. The van der Waals surface area contributed by atoms with E-state index in [1.807, 2.05) is 18.5 Å². The lowest BCUT2D eigenvalue weighted by Gasteiger charge is -2.12. The number of hydrogen-bond acceptors (Lipinski definition) is 5. The first-order valence-corrected chi connectivity index (χ1v) is 7.68. The molecule has 0 saturated heterocycles. The van der Waals surface area contributed by atoms with Crippen LogP contribution >= 0.6 is 23.2 Å². The second kappa shape index (κ2) is 6.60. The number of hydrogen-bond donors (Lipinski definition) is 0. The van der Waals surface area contributed by atoms with E-state index in [0.29, 0.717) is 33.9 Å². The first kappa shape index (κ1) is 15.8. The molecule has 0 bridgehead atoms. The fourth-order valence-electron chi connectivity index (χ4n) is 2.03. The van der Waals surface area contributed by atoms with Crippen LogP contribution in [0.5, 0.6) is 5.75 Å². The van der Waals surface area contributed by atoms with Crippen molar-refractivity contribution in [2.24, 2.45) is 7.05 Å². The molecule has 1 aromatic carbocycles. The summed E-state index contributed by atoms with van der Waals surface area (Å²) in [6.07, 6.45) is 3.60. The van der Waals surface area contributed by atoms with E-state index in [1.54, 1.807) is 30.7 Å². The normalized spacial score (nSPS) is 12.3. The van der Waals surface area contributed by atoms with Gasteiger partial charge in [-0.05, 0) is 25.1 Å². The summed E-state index contributed by atoms with van der Waals surface area (Å²) in [7, 11) is 1.91. The highest BCUT2D eigenvalue weighted by molar-refractivity contribution is 6.35. The second-order valence-corrected chi connectivity index (χ2v) is 5.90. The van der Waals surface area contributed by atoms with Crippen molar-refractivity contribution < 1.29 is 9.26 Å². The largest absolute Gasteiger partial charge is 0.479 e. The maximum absolute atomic E-state index is 6.09. The molecule has 0 aliphatic carbocycles. The maximum Gasteiger partial charge on any atom is 0.267 e. The summed E-state index contributed by atoms with van der Waals surface area (Å²) in [6, 6.07) is 5.03. The lowest BCUT2D eigenvalue weighted by Crippen LogP contribution is -2.04. The van der Waals surface area contributed by atoms with Gasteiger partial charge in [-0.15, -0.1) is 0 Å². The van der Waals surface area contributed by atoms with Gasteiger partial charge < -0.3 is 13.8 Å². The summed E-state index contributed by atoms with van der Waals surface area (Å²) in [5.41, 5.74) is 0.992. The first-order chi connectivity index (χ1) is 11.0. The summed E-state index contributed by atoms with van der Waals surface area (Å²) in [5.74, 6) is 1.46. The molecule has 120 valence electrons. The second-order valence-electron chi connectivity index (χ2n) is 5.06. The van der Waals surface area contributed by atoms with Crippen molar-refractivity contribution in [1.82, 2.24) is 19.7 Å². The molecule has 0 spiro atoms. The molecular formula is C15H14Cl2N4O2. The summed E-state index contributed by atoms with van der Waals surface area (Å²) in [5, 5.41) is 4.95. The van der Waals surface area contributed by atoms with Crippen LogP contribution in [-0.4, -0.2) is 19.7 Å². The number of imidazole rings is 1. The van der Waals surface area contributed by atoms with E-state index in [1.165, 1.54) is 0 Å². The van der Waals surface area contributed by atoms with Crippen molar-refractivity contribution in [3.05, 3.63) is 58.2 Å². The Balaban J connectivity index is 1.71. The Morgan fingerprint density at radius 3 is 2.87 bits per heavy atom. The third-order valence-electron chi connectivity index (χ3n) is 3.28. The van der Waals surface area contributed by atoms with E-state index in [9.17, 15) is 0 Å². The fourth-order valence-corrected chi connectivity index (χ4v) is 2.49. The molecule has 0 unspecified atom stereocenters. The zero-order valence-corrected chi connectivity index (χ0v) is 14.0. The quantitative estimate of drug-likeness (QED) is 0.697. The van der Waals surface area contributed by atoms with E-state index in [-0.39, 0.29) is 0 Å². The Kier molecular flexibility index (Phi) is 4.54. The smallest absolute Gasteiger partial charge is 0.267 e. The predicted octanol–water partition coefficient (Wildman–Crippen LogP) is 3.84. The van der Waals surface area contributed by atoms with Crippen molar-refractivity contribution in [1.29, 1.82) is 0 Å². The van der Waals surface area contributed by atoms with Crippen LogP contribution in [-0.2, 0) is 13.5 Å². The van der Waals surface area contributed by atoms with Crippen molar-refractivity contribution >= 4 is 23.2 Å². The molecule has 0 aliphatic rings. The van der Waals surface area contributed by atoms with Gasteiger partial charge in [-0.25, -0.2) is 4.98 Å². The number of rotatable bonds is 5. The van der Waals surface area contributed by atoms with Gasteiger partial charge in [-0.3, -0.25) is 0 Å². The monoisotopic (exact) mass is 352 g/mol. The van der Waals surface area contributed by atoms with E-state index in [4.69, 9.17) is 32.5 Å². The third-order valence-corrected chi connectivity index (χ3v) is 3.82. The highest BCUT2D eigenvalue weighted by Gasteiger charge is 2.18. The van der Waals surface area contributed by atoms with Gasteiger partial charge in [0.05, 0.1) is 17.8 Å². The molecule has 8 heteroatoms. The summed E-state index contributed by atoms with van der Waals surface area (Å²) in [4.78, 5) is 8.42. The van der Waals surface area contributed by atoms with Crippen LogP contribution in [0.1, 0.15) is 30.4 Å². The van der Waals surface area contributed by atoms with Crippen LogP contribution in [0.3, 0.4) is 0 Å². The number of benzene rings is 1. The Morgan fingerprint density at radius 2 is 2.17 bits per heavy atom. The molecule has 0 aliphatic heterocycles. The lowest BCUT2D eigenvalue weighted by molar-refractivity contribution is 0.176. The van der Waals surface area contributed by atoms with Gasteiger partial charge in [-0.1, -0.05) is 28.4 Å². The number of aryl methyl sites for hydroxylation is 1. The molecule has 2 heterocycles. The van der Waals surface area contributed by atoms with Gasteiger partial charge in [0.2, 0.25) is 0 Å². The predicted molar refractivity (Wildman–Crippen MR) is 85.8 cm³/mol. The summed E-state index contributed by atoms with van der Waals surface area (Å²) in [6.45, 7) is 1.81. The van der Waals surface area contributed by atoms with E-state index in [2.05, 4.69) is 15.1 Å². The van der Waals surface area contributed by atoms with E-state index >= 15 is 0 Å². The summed E-state index contributed by atoms with van der Waals surface area (Å²) >= 11 is 12.0. The van der Waals surface area contributed by atoms with Crippen molar-refractivity contribution in [3.8, 4) is 5.75 Å². The highest BCUT2D eigenvalue weighted by Crippen LogP contribution is 2.30. The molecule has 1 atom stereocenters. The Labute approximate surface area is 143 Å². The Bertz CT molecular complexity index is 815. The molecular weight excluding hydrogens is 339 g/mol. The van der Waals surface area contributed by atoms with Gasteiger partial charge in [-0.2, -0.15) is 4.98 Å². The average molecular weight is 353 g/mol. The summed E-state index contributed by atoms with van der Waals surface area (Å²) < 4.78 is 12.9. The molecule has 3 rings (SSSR count). The molecule has 0 radical (unpaired) electrons. The number of ether oxygens (including phenoxy) is 1. The highest BCUT2D eigenvalue weighted by atomic mass is 35.5. The van der Waals surface area contributed by atoms with Crippen LogP contribution in [0.25, 0.3) is 0 Å². The zero-order valence-electron chi connectivity index (χ0n) is 12.5. The maximum atomic E-state index is 6.09. The van der Waals surface area contributed by atoms with E-state index in [0.717, 1.165) is 5.69 Å². The molecule has 0 amide bonds. The number of aromatic nitrogens is 4. The van der Waals surface area contributed by atoms with Gasteiger partial charge in [0.15, 0.2) is 11.9 Å². The molecule has 23 heavy (non-hydrogen) atoms. The Morgan fingerprint density at radius 1 is 1.35 bits per heavy atom. The number of halogens is 2. The minimum Gasteiger partial charge on any atom is -0.479 e. The van der Waals surface area contributed by atoms with Crippen molar-refractivity contribution in [2.75, 3.05) is 0 Å². The van der Waals surface area contributed by atoms with Crippen molar-refractivity contribution in [3.63, 3.8) is 0 Å². The van der Waals surface area contributed by atoms with E-state index < -0.39 is 6.10 Å². The topological polar surface area (TPSA) is 66.0 Å². The first-order valence-electron chi connectivity index (χ1n) is 6.92. The van der Waals surface area contributed by atoms with Crippen LogP contribution in [0, 0.1) is 0 Å². The van der Waals surface area contributed by atoms with Gasteiger partial charge in [0, 0.05) is 24.0 Å². The molecule has 0 fully saturated rings. The van der Waals surface area contributed by atoms with Gasteiger partial charge >= 0.3 is 0 Å². The van der Waals surface area contributed by atoms with Crippen LogP contribution in [0.2, 0.25) is 10.0 Å².